The van der Waals surface area contributed by atoms with Crippen molar-refractivity contribution in [1.29, 1.82) is 0 Å². The topological polar surface area (TPSA) is 229 Å². The van der Waals surface area contributed by atoms with Crippen LogP contribution in [0.5, 0.6) is 5.75 Å². The first-order valence-electron chi connectivity index (χ1n) is 13.3. The number of primary amides is 1. The van der Waals surface area contributed by atoms with Crippen molar-refractivity contribution >= 4 is 23.2 Å². The minimum atomic E-state index is -2.98. The number of phenolic OH excluding ortho intramolecular Hbond substituents is 1. The molecule has 4 rings (SSSR count). The molecule has 0 aliphatic heterocycles. The van der Waals surface area contributed by atoms with Gasteiger partial charge >= 0.3 is 0 Å². The number of hydroxylamine groups is 2. The average molecular weight is 576 g/mol. The molecule has 1 amide bonds. The molecule has 3 aliphatic rings. The van der Waals surface area contributed by atoms with Gasteiger partial charge in [-0.15, -0.1) is 0 Å². The Hall–Kier alpha value is -3.33. The molecule has 0 spiro atoms. The van der Waals surface area contributed by atoms with Gasteiger partial charge in [-0.3, -0.25) is 19.3 Å². The predicted molar refractivity (Wildman–Crippen MR) is 144 cm³/mol. The molecular formula is C28H37N3O10. The summed E-state index contributed by atoms with van der Waals surface area (Å²) in [4.78, 5) is 40.8. The Kier molecular flexibility index (Phi) is 7.61. The Labute approximate surface area is 236 Å². The molecule has 0 aromatic heterocycles. The van der Waals surface area contributed by atoms with Gasteiger partial charge in [0.25, 0.3) is 5.91 Å². The first-order chi connectivity index (χ1) is 18.9. The van der Waals surface area contributed by atoms with E-state index in [1.54, 1.807) is 32.9 Å². The highest BCUT2D eigenvalue weighted by atomic mass is 16.8. The SMILES string of the molecule is C[C@H]1c2ccc(C(C)(C)CCC[NH+]([O-])O)c(O)c2C(O)=C2C(=O)[C@]3(O)C(O)=C(C(N)=O)C(=O)[C@@H](N(C)C)[C@@H]3[C@@H](O)[C@@H]21. The maximum Gasteiger partial charge on any atom is 0.255 e. The number of aliphatic hydroxyl groups is 4. The van der Waals surface area contributed by atoms with E-state index < -0.39 is 86.3 Å². The number of Topliss-reactive ketones (excluding diaryl/α,β-unsaturated/α-hetero) is 2. The van der Waals surface area contributed by atoms with Crippen LogP contribution in [-0.2, 0) is 19.8 Å². The van der Waals surface area contributed by atoms with Crippen molar-refractivity contribution < 1.29 is 50.4 Å². The standard InChI is InChI=1S/C28H37N3O10/c1-11-12-7-8-13(27(2,3)9-6-10-31(40)41)20(32)15(12)21(33)16-14(11)22(34)18-19(30(4)5)23(35)17(26(29)38)25(37)28(18,39)24(16)36/h7-8,11,14,18-19,22,31-34,37,39-40H,6,9-10H2,1-5H3,(H2,29,38)/t11-,14+,18+,19-,22-,28-/m0/s1. The Balaban J connectivity index is 1.94. The number of quaternary nitrogens is 1. The lowest BCUT2D eigenvalue weighted by Gasteiger charge is -2.53. The summed E-state index contributed by atoms with van der Waals surface area (Å²) in [5, 5.41) is 76.4. The second-order valence-corrected chi connectivity index (χ2v) is 12.1. The summed E-state index contributed by atoms with van der Waals surface area (Å²) in [7, 11) is 2.89. The van der Waals surface area contributed by atoms with Gasteiger partial charge in [-0.1, -0.05) is 32.9 Å². The molecule has 41 heavy (non-hydrogen) atoms. The van der Waals surface area contributed by atoms with Crippen LogP contribution in [0.2, 0.25) is 0 Å². The van der Waals surface area contributed by atoms with E-state index >= 15 is 0 Å². The Bertz CT molecular complexity index is 1380. The first-order valence-corrected chi connectivity index (χ1v) is 13.3. The Morgan fingerprint density at radius 1 is 1.20 bits per heavy atom. The predicted octanol–water partition coefficient (Wildman–Crippen LogP) is -0.674. The molecule has 0 bridgehead atoms. The molecule has 7 atom stereocenters. The molecule has 13 nitrogen and oxygen atoms in total. The molecule has 1 aromatic carbocycles. The number of hydrogen-bond acceptors (Lipinski definition) is 11. The van der Waals surface area contributed by atoms with Gasteiger partial charge in [-0.2, -0.15) is 0 Å². The number of phenols is 1. The van der Waals surface area contributed by atoms with Crippen molar-refractivity contribution in [2.45, 2.75) is 62.7 Å². The number of benzene rings is 1. The Morgan fingerprint density at radius 3 is 2.34 bits per heavy atom. The lowest BCUT2D eigenvalue weighted by atomic mass is 9.54. The largest absolute Gasteiger partial charge is 0.600 e. The van der Waals surface area contributed by atoms with Gasteiger partial charge in [0.2, 0.25) is 5.78 Å². The van der Waals surface area contributed by atoms with Crippen LogP contribution in [-0.4, -0.2) is 91.5 Å². The van der Waals surface area contributed by atoms with Crippen LogP contribution in [0.15, 0.2) is 29.0 Å². The smallest absolute Gasteiger partial charge is 0.255 e. The number of carbonyl (C=O) groups is 3. The van der Waals surface area contributed by atoms with Gasteiger partial charge in [-0.25, -0.2) is 10.4 Å². The van der Waals surface area contributed by atoms with Crippen molar-refractivity contribution in [1.82, 2.24) is 4.90 Å². The summed E-state index contributed by atoms with van der Waals surface area (Å²) in [6.07, 6.45) is -0.960. The Morgan fingerprint density at radius 2 is 1.80 bits per heavy atom. The monoisotopic (exact) mass is 575 g/mol. The van der Waals surface area contributed by atoms with E-state index in [1.807, 2.05) is 0 Å². The van der Waals surface area contributed by atoms with E-state index in [9.17, 15) is 45.1 Å². The number of likely N-dealkylation sites (N-methyl/N-ethyl adjacent to an activating group) is 1. The number of aliphatic hydroxyl groups excluding tert-OH is 3. The third-order valence-electron chi connectivity index (χ3n) is 9.05. The van der Waals surface area contributed by atoms with Crippen molar-refractivity contribution in [2.75, 3.05) is 20.6 Å². The molecular weight excluding hydrogens is 538 g/mol. The molecule has 1 aromatic rings. The maximum atomic E-state index is 14.1. The molecule has 0 saturated heterocycles. The van der Waals surface area contributed by atoms with Gasteiger partial charge in [-0.05, 0) is 37.4 Å². The fourth-order valence-electron chi connectivity index (χ4n) is 6.98. The highest BCUT2D eigenvalue weighted by Crippen LogP contribution is 2.57. The molecule has 0 radical (unpaired) electrons. The third kappa shape index (κ3) is 4.35. The molecule has 1 unspecified atom stereocenters. The van der Waals surface area contributed by atoms with Crippen molar-refractivity contribution in [3.05, 3.63) is 50.9 Å². The van der Waals surface area contributed by atoms with Gasteiger partial charge in [0.05, 0.1) is 23.6 Å². The van der Waals surface area contributed by atoms with Crippen LogP contribution < -0.4 is 11.0 Å². The maximum absolute atomic E-state index is 14.1. The molecule has 1 fully saturated rings. The summed E-state index contributed by atoms with van der Waals surface area (Å²) in [6.45, 7) is 5.18. The van der Waals surface area contributed by atoms with Crippen LogP contribution in [0.4, 0.5) is 0 Å². The number of nitrogens with zero attached hydrogens (tertiary/aromatic N) is 1. The van der Waals surface area contributed by atoms with E-state index in [2.05, 4.69) is 0 Å². The number of hydrogen-bond donors (Lipinski definition) is 8. The molecule has 0 heterocycles. The van der Waals surface area contributed by atoms with Crippen molar-refractivity contribution in [3.8, 4) is 5.75 Å². The first kappa shape index (κ1) is 30.6. The summed E-state index contributed by atoms with van der Waals surface area (Å²) >= 11 is 0. The number of amides is 1. The second-order valence-electron chi connectivity index (χ2n) is 12.1. The van der Waals surface area contributed by atoms with Gasteiger partial charge in [0.15, 0.2) is 11.4 Å². The van der Waals surface area contributed by atoms with Crippen molar-refractivity contribution in [3.63, 3.8) is 0 Å². The molecule has 224 valence electrons. The number of carbonyl (C=O) groups excluding carboxylic acids is 3. The quantitative estimate of drug-likeness (QED) is 0.150. The summed E-state index contributed by atoms with van der Waals surface area (Å²) in [6, 6.07) is 1.88. The number of rotatable bonds is 7. The van der Waals surface area contributed by atoms with Crippen LogP contribution in [0, 0.1) is 17.0 Å². The fourth-order valence-corrected chi connectivity index (χ4v) is 6.98. The minimum absolute atomic E-state index is 0.0734. The minimum Gasteiger partial charge on any atom is -0.600 e. The summed E-state index contributed by atoms with van der Waals surface area (Å²) in [5.41, 5.74) is 0.875. The zero-order valence-electron chi connectivity index (χ0n) is 23.5. The van der Waals surface area contributed by atoms with Gasteiger partial charge < -0.3 is 36.5 Å². The van der Waals surface area contributed by atoms with Gasteiger partial charge in [0, 0.05) is 23.5 Å². The number of nitrogens with two attached hydrogens (primary N) is 1. The van der Waals surface area contributed by atoms with Crippen LogP contribution >= 0.6 is 0 Å². The number of nitrogens with one attached hydrogen (secondary N) is 1. The third-order valence-corrected chi connectivity index (χ3v) is 9.05. The second kappa shape index (κ2) is 10.2. The zero-order valence-corrected chi connectivity index (χ0v) is 23.5. The fraction of sp³-hybridized carbons (Fsp3) is 0.536. The number of aromatic hydroxyl groups is 1. The lowest BCUT2D eigenvalue weighted by molar-refractivity contribution is -1.05. The summed E-state index contributed by atoms with van der Waals surface area (Å²) in [5.74, 6) is -9.40. The highest BCUT2D eigenvalue weighted by Gasteiger charge is 2.68. The van der Waals surface area contributed by atoms with E-state index in [1.165, 1.54) is 19.0 Å². The molecule has 9 N–H and O–H groups in total. The molecule has 13 heteroatoms. The van der Waals surface area contributed by atoms with E-state index in [0.29, 0.717) is 24.0 Å². The highest BCUT2D eigenvalue weighted by molar-refractivity contribution is 6.24. The molecule has 3 aliphatic carbocycles. The van der Waals surface area contributed by atoms with E-state index in [4.69, 9.17) is 10.9 Å². The lowest BCUT2D eigenvalue weighted by Crippen LogP contribution is -3.04. The van der Waals surface area contributed by atoms with Gasteiger partial charge in [0.1, 0.15) is 29.4 Å². The van der Waals surface area contributed by atoms with Crippen LogP contribution in [0.25, 0.3) is 5.76 Å². The normalized spacial score (nSPS) is 30.7. The summed E-state index contributed by atoms with van der Waals surface area (Å²) < 4.78 is 0. The van der Waals surface area contributed by atoms with E-state index in [0.717, 1.165) is 0 Å². The number of fused-ring (bicyclic) bond motifs is 3. The van der Waals surface area contributed by atoms with E-state index in [-0.39, 0.29) is 17.9 Å². The average Bonchev–Trinajstić information content (AvgIpc) is 2.85. The van der Waals surface area contributed by atoms with Crippen molar-refractivity contribution in [2.24, 2.45) is 17.6 Å². The van der Waals surface area contributed by atoms with Crippen LogP contribution in [0.3, 0.4) is 0 Å². The molecule has 1 saturated carbocycles. The number of ketones is 2. The zero-order chi connectivity index (χ0) is 30.9. The van der Waals surface area contributed by atoms with Crippen LogP contribution in [0.1, 0.15) is 56.2 Å².